The average molecular weight is 169 g/mol. The first-order valence-electron chi connectivity index (χ1n) is 3.73. The fraction of sp³-hybridized carbons (Fsp3) is 0.500. The Morgan fingerprint density at radius 2 is 2.55 bits per heavy atom. The summed E-state index contributed by atoms with van der Waals surface area (Å²) in [5.74, 6) is 2.02. The molecule has 2 atom stereocenters. The minimum atomic E-state index is 0.607. The summed E-state index contributed by atoms with van der Waals surface area (Å²) >= 11 is 5.70. The summed E-state index contributed by atoms with van der Waals surface area (Å²) in [6.45, 7) is 0. The molecule has 0 radical (unpaired) electrons. The van der Waals surface area contributed by atoms with Gasteiger partial charge in [-0.2, -0.15) is 0 Å². The van der Waals surface area contributed by atoms with E-state index in [2.05, 4.69) is 9.97 Å². The minimum Gasteiger partial charge on any atom is -0.245 e. The largest absolute Gasteiger partial charge is 0.245 e. The summed E-state index contributed by atoms with van der Waals surface area (Å²) in [4.78, 5) is 8.03. The quantitative estimate of drug-likeness (QED) is 0.630. The first kappa shape index (κ1) is 7.04. The lowest BCUT2D eigenvalue weighted by atomic mass is 10.2. The number of rotatable bonds is 2. The van der Waals surface area contributed by atoms with Gasteiger partial charge in [-0.1, -0.05) is 0 Å². The normalized spacial score (nSPS) is 28.5. The Morgan fingerprint density at radius 1 is 1.64 bits per heavy atom. The lowest BCUT2D eigenvalue weighted by molar-refractivity contribution is 0.883. The predicted molar refractivity (Wildman–Crippen MR) is 43.6 cm³/mol. The molecule has 1 fully saturated rings. The van der Waals surface area contributed by atoms with Crippen molar-refractivity contribution < 1.29 is 0 Å². The first-order valence-corrected chi connectivity index (χ1v) is 4.27. The van der Waals surface area contributed by atoms with Crippen LogP contribution in [0, 0.1) is 5.92 Å². The molecule has 0 N–H and O–H groups in total. The average Bonchev–Trinajstić information content (AvgIpc) is 2.85. The number of halogens is 1. The number of hydrogen-bond acceptors (Lipinski definition) is 2. The third-order valence-corrected chi connectivity index (χ3v) is 2.50. The molecule has 1 heterocycles. The third kappa shape index (κ3) is 1.36. The van der Waals surface area contributed by atoms with Gasteiger partial charge < -0.3 is 0 Å². The molecule has 1 aliphatic rings. The van der Waals surface area contributed by atoms with Gasteiger partial charge in [-0.3, -0.25) is 0 Å². The molecule has 1 saturated carbocycles. The highest BCUT2D eigenvalue weighted by Crippen LogP contribution is 2.46. The zero-order chi connectivity index (χ0) is 7.68. The van der Waals surface area contributed by atoms with Crippen LogP contribution in [0.4, 0.5) is 0 Å². The summed E-state index contributed by atoms with van der Waals surface area (Å²) in [5, 5.41) is 0. The fourth-order valence-corrected chi connectivity index (χ4v) is 1.64. The monoisotopic (exact) mass is 168 g/mol. The van der Waals surface area contributed by atoms with Crippen LogP contribution in [0.1, 0.15) is 18.0 Å². The van der Waals surface area contributed by atoms with Gasteiger partial charge in [0.1, 0.15) is 6.33 Å². The molecule has 2 unspecified atom stereocenters. The summed E-state index contributed by atoms with van der Waals surface area (Å²) in [7, 11) is 0. The Hall–Kier alpha value is -0.630. The van der Waals surface area contributed by atoms with Gasteiger partial charge in [-0.05, 0) is 18.4 Å². The molecule has 1 aromatic rings. The third-order valence-electron chi connectivity index (χ3n) is 2.11. The minimum absolute atomic E-state index is 0.607. The fourth-order valence-electron chi connectivity index (χ4n) is 1.30. The van der Waals surface area contributed by atoms with E-state index in [1.165, 1.54) is 6.42 Å². The van der Waals surface area contributed by atoms with Crippen molar-refractivity contribution in [1.29, 1.82) is 0 Å². The molecule has 0 spiro atoms. The van der Waals surface area contributed by atoms with E-state index in [0.29, 0.717) is 11.8 Å². The van der Waals surface area contributed by atoms with Crippen LogP contribution >= 0.6 is 11.6 Å². The zero-order valence-corrected chi connectivity index (χ0v) is 6.83. The molecule has 2 rings (SSSR count). The first-order chi connectivity index (χ1) is 5.42. The Labute approximate surface area is 70.6 Å². The van der Waals surface area contributed by atoms with Crippen molar-refractivity contribution in [3.05, 3.63) is 24.3 Å². The van der Waals surface area contributed by atoms with Crippen molar-refractivity contribution in [3.8, 4) is 0 Å². The Bertz CT molecular complexity index is 237. The molecule has 0 bridgehead atoms. The maximum atomic E-state index is 5.70. The van der Waals surface area contributed by atoms with Gasteiger partial charge in [0.2, 0.25) is 0 Å². The van der Waals surface area contributed by atoms with E-state index in [1.807, 2.05) is 6.07 Å². The maximum absolute atomic E-state index is 5.70. The summed E-state index contributed by atoms with van der Waals surface area (Å²) in [6, 6.07) is 1.97. The van der Waals surface area contributed by atoms with Crippen molar-refractivity contribution in [2.75, 3.05) is 5.88 Å². The van der Waals surface area contributed by atoms with Crippen LogP contribution in [0.2, 0.25) is 0 Å². The highest BCUT2D eigenvalue weighted by molar-refractivity contribution is 6.18. The molecular weight excluding hydrogens is 160 g/mol. The molecular formula is C8H9ClN2. The van der Waals surface area contributed by atoms with E-state index >= 15 is 0 Å². The Balaban J connectivity index is 2.09. The van der Waals surface area contributed by atoms with E-state index in [0.717, 1.165) is 11.6 Å². The SMILES string of the molecule is ClCC1CC1c1ccncn1. The van der Waals surface area contributed by atoms with Crippen molar-refractivity contribution in [2.45, 2.75) is 12.3 Å². The van der Waals surface area contributed by atoms with Gasteiger partial charge >= 0.3 is 0 Å². The zero-order valence-electron chi connectivity index (χ0n) is 6.07. The molecule has 58 valence electrons. The molecule has 0 saturated heterocycles. The van der Waals surface area contributed by atoms with Crippen molar-refractivity contribution in [2.24, 2.45) is 5.92 Å². The van der Waals surface area contributed by atoms with Gasteiger partial charge in [0, 0.05) is 23.7 Å². The lowest BCUT2D eigenvalue weighted by Crippen LogP contribution is -1.88. The summed E-state index contributed by atoms with van der Waals surface area (Å²) < 4.78 is 0. The smallest absolute Gasteiger partial charge is 0.115 e. The van der Waals surface area contributed by atoms with Crippen LogP contribution in [0.15, 0.2) is 18.6 Å². The van der Waals surface area contributed by atoms with E-state index in [1.54, 1.807) is 12.5 Å². The molecule has 11 heavy (non-hydrogen) atoms. The molecule has 0 amide bonds. The molecule has 1 aliphatic carbocycles. The molecule has 1 aromatic heterocycles. The number of nitrogens with zero attached hydrogens (tertiary/aromatic N) is 2. The standard InChI is InChI=1S/C8H9ClN2/c9-4-6-3-7(6)8-1-2-10-5-11-8/h1-2,5-7H,3-4H2. The van der Waals surface area contributed by atoms with Crippen molar-refractivity contribution >= 4 is 11.6 Å². The van der Waals surface area contributed by atoms with Crippen LogP contribution in [0.3, 0.4) is 0 Å². The van der Waals surface area contributed by atoms with Crippen molar-refractivity contribution in [1.82, 2.24) is 9.97 Å². The van der Waals surface area contributed by atoms with Gasteiger partial charge in [-0.25, -0.2) is 9.97 Å². The van der Waals surface area contributed by atoms with Crippen LogP contribution in [-0.2, 0) is 0 Å². The van der Waals surface area contributed by atoms with Crippen LogP contribution < -0.4 is 0 Å². The van der Waals surface area contributed by atoms with Gasteiger partial charge in [-0.15, -0.1) is 11.6 Å². The Morgan fingerprint density at radius 3 is 3.09 bits per heavy atom. The van der Waals surface area contributed by atoms with Gasteiger partial charge in [0.15, 0.2) is 0 Å². The second-order valence-corrected chi connectivity index (χ2v) is 3.20. The molecule has 0 aromatic carbocycles. The van der Waals surface area contributed by atoms with Gasteiger partial charge in [0.05, 0.1) is 0 Å². The number of aromatic nitrogens is 2. The summed E-state index contributed by atoms with van der Waals surface area (Å²) in [5.41, 5.74) is 1.14. The van der Waals surface area contributed by atoms with E-state index < -0.39 is 0 Å². The molecule has 2 nitrogen and oxygen atoms in total. The van der Waals surface area contributed by atoms with Crippen LogP contribution in [0.25, 0.3) is 0 Å². The second-order valence-electron chi connectivity index (χ2n) is 2.89. The van der Waals surface area contributed by atoms with E-state index in [-0.39, 0.29) is 0 Å². The van der Waals surface area contributed by atoms with Crippen LogP contribution in [0.5, 0.6) is 0 Å². The van der Waals surface area contributed by atoms with E-state index in [4.69, 9.17) is 11.6 Å². The topological polar surface area (TPSA) is 25.8 Å². The second kappa shape index (κ2) is 2.78. The van der Waals surface area contributed by atoms with E-state index in [9.17, 15) is 0 Å². The summed E-state index contributed by atoms with van der Waals surface area (Å²) in [6.07, 6.45) is 4.57. The Kier molecular flexibility index (Phi) is 1.78. The number of alkyl halides is 1. The molecule has 0 aliphatic heterocycles. The maximum Gasteiger partial charge on any atom is 0.115 e. The number of hydrogen-bond donors (Lipinski definition) is 0. The van der Waals surface area contributed by atoms with Crippen LogP contribution in [-0.4, -0.2) is 15.8 Å². The highest BCUT2D eigenvalue weighted by atomic mass is 35.5. The van der Waals surface area contributed by atoms with Gasteiger partial charge in [0.25, 0.3) is 0 Å². The lowest BCUT2D eigenvalue weighted by Gasteiger charge is -1.94. The predicted octanol–water partition coefficient (Wildman–Crippen LogP) is 1.82. The molecule has 3 heteroatoms. The van der Waals surface area contributed by atoms with Crippen molar-refractivity contribution in [3.63, 3.8) is 0 Å². The highest BCUT2D eigenvalue weighted by Gasteiger charge is 2.38.